The van der Waals surface area contributed by atoms with Crippen LogP contribution in [0.15, 0.2) is 48.8 Å². The van der Waals surface area contributed by atoms with E-state index in [1.54, 1.807) is 4.68 Å². The molecule has 6 heteroatoms. The summed E-state index contributed by atoms with van der Waals surface area (Å²) in [6.07, 6.45) is 4.65. The van der Waals surface area contributed by atoms with Crippen LogP contribution in [0.25, 0.3) is 5.82 Å². The molecule has 3 aromatic rings. The van der Waals surface area contributed by atoms with Crippen LogP contribution in [0.1, 0.15) is 41.9 Å². The zero-order valence-corrected chi connectivity index (χ0v) is 14.8. The molecule has 1 atom stereocenters. The molecule has 0 saturated carbocycles. The summed E-state index contributed by atoms with van der Waals surface area (Å²) >= 11 is 0. The monoisotopic (exact) mass is 337 g/mol. The Balaban J connectivity index is 1.96. The molecule has 0 fully saturated rings. The number of rotatable bonds is 6. The smallest absolute Gasteiger partial charge is 0.275 e. The Kier molecular flexibility index (Phi) is 4.97. The molecule has 2 heterocycles. The molecule has 1 amide bonds. The van der Waals surface area contributed by atoms with Crippen molar-refractivity contribution in [3.05, 3.63) is 65.6 Å². The quantitative estimate of drug-likeness (QED) is 0.752. The topological polar surface area (TPSA) is 64.7 Å². The van der Waals surface area contributed by atoms with Crippen LogP contribution < -0.4 is 5.32 Å². The summed E-state index contributed by atoms with van der Waals surface area (Å²) in [6.45, 7) is 6.62. The minimum Gasteiger partial charge on any atom is -0.348 e. The first-order valence-electron chi connectivity index (χ1n) is 8.51. The fourth-order valence-corrected chi connectivity index (χ4v) is 2.55. The van der Waals surface area contributed by atoms with Crippen LogP contribution in [0.3, 0.4) is 0 Å². The van der Waals surface area contributed by atoms with Gasteiger partial charge in [0.05, 0.1) is 6.54 Å². The zero-order chi connectivity index (χ0) is 17.8. The lowest BCUT2D eigenvalue weighted by Crippen LogP contribution is -2.33. The Labute approximate surface area is 147 Å². The predicted octanol–water partition coefficient (Wildman–Crippen LogP) is 2.95. The van der Waals surface area contributed by atoms with Crippen molar-refractivity contribution in [2.24, 2.45) is 0 Å². The molecule has 3 rings (SSSR count). The van der Waals surface area contributed by atoms with Gasteiger partial charge >= 0.3 is 0 Å². The normalized spacial score (nSPS) is 12.1. The second kappa shape index (κ2) is 7.34. The molecule has 0 spiro atoms. The molecule has 6 nitrogen and oxygen atoms in total. The lowest BCUT2D eigenvalue weighted by molar-refractivity contribution is 0.0934. The Hall–Kier alpha value is -2.89. The summed E-state index contributed by atoms with van der Waals surface area (Å²) < 4.78 is 3.63. The highest BCUT2D eigenvalue weighted by atomic mass is 16.2. The van der Waals surface area contributed by atoms with Gasteiger partial charge in [-0.05, 0) is 38.0 Å². The standard InChI is InChI=1S/C19H23N5O/c1-4-15(3)20-18(25)17-19(23-11-5-6-12-23)24(22-21-17)13-16-9-7-14(2)8-10-16/h5-12,15H,4,13H2,1-3H3,(H,20,25)/t15-/m0/s1. The van der Waals surface area contributed by atoms with Crippen molar-refractivity contribution in [1.82, 2.24) is 24.9 Å². The Bertz CT molecular complexity index is 833. The third-order valence-electron chi connectivity index (χ3n) is 4.22. The van der Waals surface area contributed by atoms with Crippen LogP contribution in [-0.4, -0.2) is 31.5 Å². The van der Waals surface area contributed by atoms with Gasteiger partial charge in [0, 0.05) is 18.4 Å². The van der Waals surface area contributed by atoms with E-state index in [0.29, 0.717) is 18.1 Å². The number of aryl methyl sites for hydroxylation is 1. The maximum absolute atomic E-state index is 12.6. The highest BCUT2D eigenvalue weighted by Gasteiger charge is 2.22. The lowest BCUT2D eigenvalue weighted by Gasteiger charge is -2.12. The number of carbonyl (C=O) groups excluding carboxylic acids is 1. The van der Waals surface area contributed by atoms with E-state index >= 15 is 0 Å². The van der Waals surface area contributed by atoms with E-state index in [1.165, 1.54) is 5.56 Å². The Morgan fingerprint density at radius 1 is 1.20 bits per heavy atom. The van der Waals surface area contributed by atoms with Crippen molar-refractivity contribution >= 4 is 5.91 Å². The number of hydrogen-bond acceptors (Lipinski definition) is 3. The molecule has 2 aromatic heterocycles. The van der Waals surface area contributed by atoms with Gasteiger partial charge < -0.3 is 9.88 Å². The van der Waals surface area contributed by atoms with Gasteiger partial charge in [-0.1, -0.05) is 42.0 Å². The van der Waals surface area contributed by atoms with E-state index in [1.807, 2.05) is 42.9 Å². The number of amides is 1. The van der Waals surface area contributed by atoms with E-state index in [9.17, 15) is 4.79 Å². The summed E-state index contributed by atoms with van der Waals surface area (Å²) in [5.74, 6) is 0.472. The van der Waals surface area contributed by atoms with E-state index in [0.717, 1.165) is 12.0 Å². The average Bonchev–Trinajstić information content (AvgIpc) is 3.26. The molecule has 25 heavy (non-hydrogen) atoms. The summed E-state index contributed by atoms with van der Waals surface area (Å²) in [7, 11) is 0. The highest BCUT2D eigenvalue weighted by Crippen LogP contribution is 2.15. The fourth-order valence-electron chi connectivity index (χ4n) is 2.55. The van der Waals surface area contributed by atoms with E-state index in [-0.39, 0.29) is 11.9 Å². The second-order valence-corrected chi connectivity index (χ2v) is 6.28. The van der Waals surface area contributed by atoms with Gasteiger partial charge in [0.1, 0.15) is 0 Å². The molecular formula is C19H23N5O. The van der Waals surface area contributed by atoms with Crippen molar-refractivity contribution in [3.8, 4) is 5.82 Å². The fraction of sp³-hybridized carbons (Fsp3) is 0.316. The van der Waals surface area contributed by atoms with Crippen LogP contribution in [0.4, 0.5) is 0 Å². The largest absolute Gasteiger partial charge is 0.348 e. The molecular weight excluding hydrogens is 314 g/mol. The molecule has 1 aromatic carbocycles. The van der Waals surface area contributed by atoms with E-state index in [4.69, 9.17) is 0 Å². The average molecular weight is 337 g/mol. The van der Waals surface area contributed by atoms with Gasteiger partial charge in [-0.2, -0.15) is 0 Å². The van der Waals surface area contributed by atoms with Crippen LogP contribution in [0.2, 0.25) is 0 Å². The second-order valence-electron chi connectivity index (χ2n) is 6.28. The third-order valence-corrected chi connectivity index (χ3v) is 4.22. The van der Waals surface area contributed by atoms with Crippen molar-refractivity contribution in [3.63, 3.8) is 0 Å². The Morgan fingerprint density at radius 3 is 2.52 bits per heavy atom. The third kappa shape index (κ3) is 3.79. The first kappa shape index (κ1) is 17.0. The minimum atomic E-state index is -0.201. The summed E-state index contributed by atoms with van der Waals surface area (Å²) in [6, 6.07) is 12.2. The molecule has 0 aliphatic rings. The zero-order valence-electron chi connectivity index (χ0n) is 14.8. The number of nitrogens with one attached hydrogen (secondary N) is 1. The van der Waals surface area contributed by atoms with Crippen LogP contribution >= 0.6 is 0 Å². The van der Waals surface area contributed by atoms with E-state index < -0.39 is 0 Å². The highest BCUT2D eigenvalue weighted by molar-refractivity contribution is 5.95. The van der Waals surface area contributed by atoms with Crippen LogP contribution in [0, 0.1) is 6.92 Å². The van der Waals surface area contributed by atoms with Crippen molar-refractivity contribution in [2.45, 2.75) is 39.8 Å². The lowest BCUT2D eigenvalue weighted by atomic mass is 10.1. The molecule has 0 bridgehead atoms. The van der Waals surface area contributed by atoms with Gasteiger partial charge in [0.2, 0.25) is 0 Å². The van der Waals surface area contributed by atoms with Crippen LogP contribution in [0.5, 0.6) is 0 Å². The summed E-state index contributed by atoms with van der Waals surface area (Å²) in [4.78, 5) is 12.6. The van der Waals surface area contributed by atoms with E-state index in [2.05, 4.69) is 46.8 Å². The minimum absolute atomic E-state index is 0.0901. The van der Waals surface area contributed by atoms with Gasteiger partial charge in [-0.3, -0.25) is 4.79 Å². The van der Waals surface area contributed by atoms with Crippen molar-refractivity contribution < 1.29 is 4.79 Å². The molecule has 0 aliphatic heterocycles. The number of carbonyl (C=O) groups is 1. The number of aromatic nitrogens is 4. The van der Waals surface area contributed by atoms with Crippen molar-refractivity contribution in [1.29, 1.82) is 0 Å². The van der Waals surface area contributed by atoms with Crippen LogP contribution in [-0.2, 0) is 6.54 Å². The first-order valence-corrected chi connectivity index (χ1v) is 8.51. The van der Waals surface area contributed by atoms with Gasteiger partial charge in [-0.15, -0.1) is 5.10 Å². The molecule has 0 aliphatic carbocycles. The molecule has 0 radical (unpaired) electrons. The summed E-state index contributed by atoms with van der Waals surface area (Å²) in [5.41, 5.74) is 2.66. The maximum atomic E-state index is 12.6. The maximum Gasteiger partial charge on any atom is 0.275 e. The molecule has 0 unspecified atom stereocenters. The molecule has 0 saturated heterocycles. The number of benzene rings is 1. The number of nitrogens with zero attached hydrogens (tertiary/aromatic N) is 4. The van der Waals surface area contributed by atoms with Gasteiger partial charge in [0.25, 0.3) is 5.91 Å². The molecule has 1 N–H and O–H groups in total. The van der Waals surface area contributed by atoms with Crippen molar-refractivity contribution in [2.75, 3.05) is 0 Å². The number of hydrogen-bond donors (Lipinski definition) is 1. The van der Waals surface area contributed by atoms with Gasteiger partial charge in [-0.25, -0.2) is 4.68 Å². The van der Waals surface area contributed by atoms with Gasteiger partial charge in [0.15, 0.2) is 11.5 Å². The predicted molar refractivity (Wildman–Crippen MR) is 96.8 cm³/mol. The molecule has 130 valence electrons. The Morgan fingerprint density at radius 2 is 1.88 bits per heavy atom. The first-order chi connectivity index (χ1) is 12.1. The SMILES string of the molecule is CC[C@H](C)NC(=O)c1nnn(Cc2ccc(C)cc2)c1-n1cccc1. The summed E-state index contributed by atoms with van der Waals surface area (Å²) in [5, 5.41) is 11.3.